The van der Waals surface area contributed by atoms with Gasteiger partial charge in [-0.1, -0.05) is 29.8 Å². The summed E-state index contributed by atoms with van der Waals surface area (Å²) in [5, 5.41) is 4.59. The molecule has 1 aromatic heterocycles. The standard InChI is InChI=1S/C20H25N3O3S/c1-15-5-7-16(8-6-15)19-13-18(20(24)22-10-3-2-4-11-22)21-23(19)17-9-12-27(25,26)14-17/h5-8,13,17H,2-4,9-12,14H2,1H3/t17-/m1/s1. The second kappa shape index (κ2) is 7.11. The van der Waals surface area contributed by atoms with Crippen molar-refractivity contribution < 1.29 is 13.2 Å². The molecule has 1 atom stereocenters. The molecular formula is C20H25N3O3S. The Morgan fingerprint density at radius 1 is 1.11 bits per heavy atom. The normalized spacial score (nSPS) is 22.1. The number of aryl methyl sites for hydroxylation is 1. The van der Waals surface area contributed by atoms with Crippen LogP contribution in [0.5, 0.6) is 0 Å². The van der Waals surface area contributed by atoms with Crippen LogP contribution in [-0.2, 0) is 9.84 Å². The van der Waals surface area contributed by atoms with Crippen LogP contribution in [0.1, 0.15) is 47.8 Å². The van der Waals surface area contributed by atoms with E-state index in [1.807, 2.05) is 42.2 Å². The number of sulfone groups is 1. The number of carbonyl (C=O) groups excluding carboxylic acids is 1. The van der Waals surface area contributed by atoms with E-state index in [2.05, 4.69) is 5.10 Å². The third-order valence-electron chi connectivity index (χ3n) is 5.50. The van der Waals surface area contributed by atoms with Crippen molar-refractivity contribution in [1.82, 2.24) is 14.7 Å². The van der Waals surface area contributed by atoms with Gasteiger partial charge in [0.05, 0.1) is 23.2 Å². The Morgan fingerprint density at radius 3 is 2.44 bits per heavy atom. The zero-order valence-corrected chi connectivity index (χ0v) is 16.4. The van der Waals surface area contributed by atoms with E-state index in [-0.39, 0.29) is 23.5 Å². The SMILES string of the molecule is Cc1ccc(-c2cc(C(=O)N3CCCCC3)nn2[C@@H]2CCS(=O)(=O)C2)cc1. The van der Waals surface area contributed by atoms with Crippen molar-refractivity contribution in [2.45, 2.75) is 38.6 Å². The van der Waals surface area contributed by atoms with E-state index >= 15 is 0 Å². The van der Waals surface area contributed by atoms with E-state index < -0.39 is 9.84 Å². The summed E-state index contributed by atoms with van der Waals surface area (Å²) in [7, 11) is -3.04. The molecule has 1 aromatic carbocycles. The van der Waals surface area contributed by atoms with E-state index in [1.54, 1.807) is 4.68 Å². The second-order valence-electron chi connectivity index (χ2n) is 7.64. The van der Waals surface area contributed by atoms with Crippen molar-refractivity contribution in [2.75, 3.05) is 24.6 Å². The molecule has 0 bridgehead atoms. The van der Waals surface area contributed by atoms with Crippen molar-refractivity contribution >= 4 is 15.7 Å². The number of nitrogens with zero attached hydrogens (tertiary/aromatic N) is 3. The molecule has 2 aromatic rings. The zero-order valence-electron chi connectivity index (χ0n) is 15.6. The summed E-state index contributed by atoms with van der Waals surface area (Å²) in [5.41, 5.74) is 3.34. The molecule has 2 aliphatic heterocycles. The maximum atomic E-state index is 12.9. The molecule has 4 rings (SSSR count). The predicted molar refractivity (Wildman–Crippen MR) is 104 cm³/mol. The summed E-state index contributed by atoms with van der Waals surface area (Å²) >= 11 is 0. The highest BCUT2D eigenvalue weighted by atomic mass is 32.2. The van der Waals surface area contributed by atoms with E-state index in [4.69, 9.17) is 0 Å². The molecule has 0 aliphatic carbocycles. The lowest BCUT2D eigenvalue weighted by Crippen LogP contribution is -2.35. The Kier molecular flexibility index (Phi) is 4.80. The smallest absolute Gasteiger partial charge is 0.274 e. The van der Waals surface area contributed by atoms with E-state index in [1.165, 1.54) is 0 Å². The van der Waals surface area contributed by atoms with Gasteiger partial charge in [-0.05, 0) is 44.2 Å². The Hall–Kier alpha value is -2.15. The minimum Gasteiger partial charge on any atom is -0.337 e. The van der Waals surface area contributed by atoms with Gasteiger partial charge in [0, 0.05) is 13.1 Å². The Balaban J connectivity index is 1.72. The molecule has 3 heterocycles. The highest BCUT2D eigenvalue weighted by Gasteiger charge is 2.32. The van der Waals surface area contributed by atoms with Crippen molar-refractivity contribution in [3.05, 3.63) is 41.6 Å². The van der Waals surface area contributed by atoms with Gasteiger partial charge in [-0.25, -0.2) is 8.42 Å². The van der Waals surface area contributed by atoms with E-state index in [0.717, 1.165) is 49.2 Å². The third-order valence-corrected chi connectivity index (χ3v) is 7.25. The first kappa shape index (κ1) is 18.2. The third kappa shape index (κ3) is 3.78. The summed E-state index contributed by atoms with van der Waals surface area (Å²) in [6.45, 7) is 3.56. The molecule has 1 amide bonds. The van der Waals surface area contributed by atoms with Gasteiger partial charge in [-0.15, -0.1) is 0 Å². The molecule has 7 heteroatoms. The minimum absolute atomic E-state index is 0.0531. The zero-order chi connectivity index (χ0) is 19.0. The first-order valence-electron chi connectivity index (χ1n) is 9.59. The van der Waals surface area contributed by atoms with Crippen LogP contribution < -0.4 is 0 Å². The van der Waals surface area contributed by atoms with E-state index in [0.29, 0.717) is 12.1 Å². The van der Waals surface area contributed by atoms with Crippen LogP contribution in [0.25, 0.3) is 11.3 Å². The maximum Gasteiger partial charge on any atom is 0.274 e. The predicted octanol–water partition coefficient (Wildman–Crippen LogP) is 2.84. The van der Waals surface area contributed by atoms with Crippen LogP contribution in [0.15, 0.2) is 30.3 Å². The lowest BCUT2D eigenvalue weighted by Gasteiger charge is -2.25. The van der Waals surface area contributed by atoms with E-state index in [9.17, 15) is 13.2 Å². The van der Waals surface area contributed by atoms with Gasteiger partial charge in [0.15, 0.2) is 15.5 Å². The van der Waals surface area contributed by atoms with Crippen LogP contribution in [0.4, 0.5) is 0 Å². The molecule has 2 fully saturated rings. The number of aromatic nitrogens is 2. The highest BCUT2D eigenvalue weighted by molar-refractivity contribution is 7.91. The molecule has 144 valence electrons. The number of rotatable bonds is 3. The number of carbonyl (C=O) groups is 1. The van der Waals surface area contributed by atoms with Gasteiger partial charge in [0.2, 0.25) is 0 Å². The molecule has 6 nitrogen and oxygen atoms in total. The van der Waals surface area contributed by atoms with Crippen molar-refractivity contribution in [3.63, 3.8) is 0 Å². The highest BCUT2D eigenvalue weighted by Crippen LogP contribution is 2.30. The fourth-order valence-corrected chi connectivity index (χ4v) is 5.64. The molecule has 0 saturated carbocycles. The van der Waals surface area contributed by atoms with Crippen LogP contribution in [0, 0.1) is 6.92 Å². The minimum atomic E-state index is -3.04. The maximum absolute atomic E-state index is 12.9. The molecule has 0 N–H and O–H groups in total. The first-order valence-corrected chi connectivity index (χ1v) is 11.4. The summed E-state index contributed by atoms with van der Waals surface area (Å²) in [6.07, 6.45) is 3.75. The average Bonchev–Trinajstić information content (AvgIpc) is 3.26. The van der Waals surface area contributed by atoms with Gasteiger partial charge >= 0.3 is 0 Å². The number of piperidine rings is 1. The summed E-state index contributed by atoms with van der Waals surface area (Å²) in [6, 6.07) is 9.65. The Labute approximate surface area is 160 Å². The Morgan fingerprint density at radius 2 is 1.81 bits per heavy atom. The molecule has 0 spiro atoms. The van der Waals surface area contributed by atoms with Gasteiger partial charge < -0.3 is 4.90 Å². The second-order valence-corrected chi connectivity index (χ2v) is 9.86. The fraction of sp³-hybridized carbons (Fsp3) is 0.500. The Bertz CT molecular complexity index is 941. The quantitative estimate of drug-likeness (QED) is 0.812. The number of benzene rings is 1. The first-order chi connectivity index (χ1) is 12.9. The van der Waals surface area contributed by atoms with Gasteiger partial charge in [-0.2, -0.15) is 5.10 Å². The number of amides is 1. The van der Waals surface area contributed by atoms with Crippen LogP contribution >= 0.6 is 0 Å². The summed E-state index contributed by atoms with van der Waals surface area (Å²) in [4.78, 5) is 14.8. The largest absolute Gasteiger partial charge is 0.337 e. The summed E-state index contributed by atoms with van der Waals surface area (Å²) < 4.78 is 25.7. The monoisotopic (exact) mass is 387 g/mol. The number of hydrogen-bond donors (Lipinski definition) is 0. The fourth-order valence-electron chi connectivity index (χ4n) is 3.94. The lowest BCUT2D eigenvalue weighted by molar-refractivity contribution is 0.0717. The van der Waals surface area contributed by atoms with Crippen LogP contribution in [0.3, 0.4) is 0 Å². The molecule has 2 saturated heterocycles. The summed E-state index contributed by atoms with van der Waals surface area (Å²) in [5.74, 6) is 0.216. The molecule has 0 unspecified atom stereocenters. The number of likely N-dealkylation sites (tertiary alicyclic amines) is 1. The van der Waals surface area contributed by atoms with Crippen LogP contribution in [-0.4, -0.2) is 53.6 Å². The van der Waals surface area contributed by atoms with Crippen LogP contribution in [0.2, 0.25) is 0 Å². The van der Waals surface area contributed by atoms with Crippen molar-refractivity contribution in [3.8, 4) is 11.3 Å². The molecule has 27 heavy (non-hydrogen) atoms. The molecule has 0 radical (unpaired) electrons. The molecular weight excluding hydrogens is 362 g/mol. The molecule has 2 aliphatic rings. The van der Waals surface area contributed by atoms with Gasteiger partial charge in [0.1, 0.15) is 0 Å². The average molecular weight is 388 g/mol. The lowest BCUT2D eigenvalue weighted by atomic mass is 10.1. The topological polar surface area (TPSA) is 72.3 Å². The van der Waals surface area contributed by atoms with Gasteiger partial charge in [0.25, 0.3) is 5.91 Å². The number of hydrogen-bond acceptors (Lipinski definition) is 4. The van der Waals surface area contributed by atoms with Gasteiger partial charge in [-0.3, -0.25) is 9.48 Å². The van der Waals surface area contributed by atoms with Crippen molar-refractivity contribution in [2.24, 2.45) is 0 Å². The van der Waals surface area contributed by atoms with Crippen molar-refractivity contribution in [1.29, 1.82) is 0 Å².